The van der Waals surface area contributed by atoms with E-state index in [-0.39, 0.29) is 24.4 Å². The number of hydrogen-bond acceptors (Lipinski definition) is 4. The molecule has 2 heterocycles. The number of nitrogens with zero attached hydrogens (tertiary/aromatic N) is 2. The van der Waals surface area contributed by atoms with E-state index >= 15 is 0 Å². The molecule has 1 N–H and O–H groups in total. The molecule has 1 aliphatic heterocycles. The molecule has 1 aliphatic rings. The molecule has 0 fully saturated rings. The summed E-state index contributed by atoms with van der Waals surface area (Å²) >= 11 is 0. The van der Waals surface area contributed by atoms with Crippen LogP contribution in [0.25, 0.3) is 10.9 Å². The standard InChI is InChI=1S/C28H27N3O4/c1-30-23-7-5-4-6-22(23)25-26(19-10-14-21(35-3)15-11-19)31(28(33)27(25)30)17-24(32)29-16-18-8-12-20(34-2)13-9-18/h4-15,26H,16-17H2,1-3H3,(H,29,32). The van der Waals surface area contributed by atoms with Gasteiger partial charge in [-0.25, -0.2) is 0 Å². The van der Waals surface area contributed by atoms with E-state index in [0.29, 0.717) is 12.2 Å². The molecule has 1 unspecified atom stereocenters. The predicted molar refractivity (Wildman–Crippen MR) is 134 cm³/mol. The molecule has 4 aromatic rings. The maximum Gasteiger partial charge on any atom is 0.272 e. The van der Waals surface area contributed by atoms with Crippen LogP contribution in [0.2, 0.25) is 0 Å². The fourth-order valence-corrected chi connectivity index (χ4v) is 4.82. The van der Waals surface area contributed by atoms with E-state index in [9.17, 15) is 9.59 Å². The summed E-state index contributed by atoms with van der Waals surface area (Å²) < 4.78 is 12.4. The molecule has 3 aromatic carbocycles. The van der Waals surface area contributed by atoms with Crippen molar-refractivity contribution in [2.45, 2.75) is 12.6 Å². The molecule has 0 aliphatic carbocycles. The van der Waals surface area contributed by atoms with Crippen molar-refractivity contribution in [2.24, 2.45) is 7.05 Å². The molecule has 7 heteroatoms. The van der Waals surface area contributed by atoms with Gasteiger partial charge in [-0.05, 0) is 41.5 Å². The summed E-state index contributed by atoms with van der Waals surface area (Å²) in [5.74, 6) is 1.12. The number of nitrogens with one attached hydrogen (secondary N) is 1. The first kappa shape index (κ1) is 22.5. The lowest BCUT2D eigenvalue weighted by molar-refractivity contribution is -0.122. The molecule has 1 atom stereocenters. The Bertz CT molecular complexity index is 1390. The van der Waals surface area contributed by atoms with E-state index in [1.165, 1.54) is 0 Å². The first-order valence-electron chi connectivity index (χ1n) is 11.4. The number of benzene rings is 3. The van der Waals surface area contributed by atoms with Gasteiger partial charge in [0.15, 0.2) is 0 Å². The van der Waals surface area contributed by atoms with E-state index in [1.54, 1.807) is 19.1 Å². The molecule has 5 rings (SSSR count). The number of aryl methyl sites for hydroxylation is 1. The SMILES string of the molecule is COc1ccc(CNC(=O)CN2C(=O)c3c(c4ccccc4n3C)C2c2ccc(OC)cc2)cc1. The zero-order chi connectivity index (χ0) is 24.5. The third kappa shape index (κ3) is 3.99. The van der Waals surface area contributed by atoms with E-state index < -0.39 is 0 Å². The first-order chi connectivity index (χ1) is 17.0. The monoisotopic (exact) mass is 469 g/mol. The van der Waals surface area contributed by atoms with Gasteiger partial charge in [-0.3, -0.25) is 9.59 Å². The minimum Gasteiger partial charge on any atom is -0.497 e. The highest BCUT2D eigenvalue weighted by Gasteiger charge is 2.42. The number of carbonyl (C=O) groups excluding carboxylic acids is 2. The highest BCUT2D eigenvalue weighted by Crippen LogP contribution is 2.43. The summed E-state index contributed by atoms with van der Waals surface area (Å²) in [6.45, 7) is 0.322. The van der Waals surface area contributed by atoms with Crippen LogP contribution in [0, 0.1) is 0 Å². The van der Waals surface area contributed by atoms with Crippen LogP contribution in [-0.4, -0.2) is 42.0 Å². The molecule has 0 bridgehead atoms. The summed E-state index contributed by atoms with van der Waals surface area (Å²) in [4.78, 5) is 28.3. The maximum atomic E-state index is 13.7. The van der Waals surface area contributed by atoms with Gasteiger partial charge in [0.05, 0.1) is 20.3 Å². The average Bonchev–Trinajstić information content (AvgIpc) is 3.35. The Hall–Kier alpha value is -4.26. The lowest BCUT2D eigenvalue weighted by atomic mass is 9.98. The molecule has 1 aromatic heterocycles. The van der Waals surface area contributed by atoms with Crippen LogP contribution >= 0.6 is 0 Å². The molecular formula is C28H27N3O4. The van der Waals surface area contributed by atoms with Gasteiger partial charge in [0.25, 0.3) is 5.91 Å². The van der Waals surface area contributed by atoms with E-state index in [2.05, 4.69) is 5.32 Å². The van der Waals surface area contributed by atoms with Crippen molar-refractivity contribution in [1.29, 1.82) is 0 Å². The normalized spacial score (nSPS) is 14.8. The van der Waals surface area contributed by atoms with Gasteiger partial charge in [0.2, 0.25) is 5.91 Å². The Morgan fingerprint density at radius 1 is 0.914 bits per heavy atom. The van der Waals surface area contributed by atoms with Crippen molar-refractivity contribution >= 4 is 22.7 Å². The quantitative estimate of drug-likeness (QED) is 0.443. The number of amides is 2. The predicted octanol–water partition coefficient (Wildman–Crippen LogP) is 4.06. The van der Waals surface area contributed by atoms with Crippen molar-refractivity contribution < 1.29 is 19.1 Å². The molecule has 35 heavy (non-hydrogen) atoms. The Labute approximate surface area is 203 Å². The average molecular weight is 470 g/mol. The van der Waals surface area contributed by atoms with Crippen LogP contribution in [0.1, 0.15) is 33.2 Å². The lowest BCUT2D eigenvalue weighted by Crippen LogP contribution is -2.39. The van der Waals surface area contributed by atoms with Gasteiger partial charge in [-0.1, -0.05) is 42.5 Å². The Morgan fingerprint density at radius 3 is 2.20 bits per heavy atom. The summed E-state index contributed by atoms with van der Waals surface area (Å²) in [5, 5.41) is 3.96. The number of ether oxygens (including phenoxy) is 2. The van der Waals surface area contributed by atoms with Gasteiger partial charge in [-0.15, -0.1) is 0 Å². The van der Waals surface area contributed by atoms with Gasteiger partial charge >= 0.3 is 0 Å². The van der Waals surface area contributed by atoms with Crippen LogP contribution < -0.4 is 14.8 Å². The molecule has 0 spiro atoms. The van der Waals surface area contributed by atoms with E-state index in [0.717, 1.165) is 39.1 Å². The first-order valence-corrected chi connectivity index (χ1v) is 11.4. The van der Waals surface area contributed by atoms with Gasteiger partial charge < -0.3 is 24.3 Å². The zero-order valence-corrected chi connectivity index (χ0v) is 19.9. The third-order valence-electron chi connectivity index (χ3n) is 6.59. The molecule has 7 nitrogen and oxygen atoms in total. The Balaban J connectivity index is 1.45. The van der Waals surface area contributed by atoms with E-state index in [1.807, 2.05) is 84.4 Å². The zero-order valence-electron chi connectivity index (χ0n) is 19.9. The number of fused-ring (bicyclic) bond motifs is 3. The lowest BCUT2D eigenvalue weighted by Gasteiger charge is -2.26. The Morgan fingerprint density at radius 2 is 1.54 bits per heavy atom. The summed E-state index contributed by atoms with van der Waals surface area (Å²) in [6.07, 6.45) is 0. The molecular weight excluding hydrogens is 442 g/mol. The smallest absolute Gasteiger partial charge is 0.272 e. The maximum absolute atomic E-state index is 13.7. The van der Waals surface area contributed by atoms with Crippen molar-refractivity contribution in [3.8, 4) is 11.5 Å². The van der Waals surface area contributed by atoms with Crippen molar-refractivity contribution in [3.63, 3.8) is 0 Å². The summed E-state index contributed by atoms with van der Waals surface area (Å²) in [5.41, 5.74) is 4.43. The van der Waals surface area contributed by atoms with Crippen LogP contribution in [0.15, 0.2) is 72.8 Å². The number of carbonyl (C=O) groups is 2. The highest BCUT2D eigenvalue weighted by molar-refractivity contribution is 6.07. The van der Waals surface area contributed by atoms with Crippen molar-refractivity contribution in [1.82, 2.24) is 14.8 Å². The van der Waals surface area contributed by atoms with Gasteiger partial charge in [-0.2, -0.15) is 0 Å². The Kier molecular flexibility index (Phi) is 5.91. The van der Waals surface area contributed by atoms with E-state index in [4.69, 9.17) is 9.47 Å². The number of para-hydroxylation sites is 1. The molecule has 178 valence electrons. The van der Waals surface area contributed by atoms with Gasteiger partial charge in [0, 0.05) is 30.1 Å². The van der Waals surface area contributed by atoms with Crippen LogP contribution in [-0.2, 0) is 18.4 Å². The van der Waals surface area contributed by atoms with Gasteiger partial charge in [0.1, 0.15) is 23.7 Å². The summed E-state index contributed by atoms with van der Waals surface area (Å²) in [6, 6.07) is 22.8. The molecule has 0 saturated heterocycles. The largest absolute Gasteiger partial charge is 0.497 e. The minimum atomic E-state index is -0.374. The highest BCUT2D eigenvalue weighted by atomic mass is 16.5. The fraction of sp³-hybridized carbons (Fsp3) is 0.214. The molecule has 2 amide bonds. The molecule has 0 radical (unpaired) electrons. The van der Waals surface area contributed by atoms with Crippen LogP contribution in [0.5, 0.6) is 11.5 Å². The number of hydrogen-bond donors (Lipinski definition) is 1. The number of rotatable bonds is 7. The fourth-order valence-electron chi connectivity index (χ4n) is 4.82. The second-order valence-corrected chi connectivity index (χ2v) is 8.57. The second kappa shape index (κ2) is 9.18. The van der Waals surface area contributed by atoms with Crippen molar-refractivity contribution in [2.75, 3.05) is 20.8 Å². The number of aromatic nitrogens is 1. The second-order valence-electron chi connectivity index (χ2n) is 8.57. The van der Waals surface area contributed by atoms with Crippen molar-refractivity contribution in [3.05, 3.63) is 95.2 Å². The van der Waals surface area contributed by atoms with Crippen LogP contribution in [0.3, 0.4) is 0 Å². The third-order valence-corrected chi connectivity index (χ3v) is 6.59. The number of methoxy groups -OCH3 is 2. The van der Waals surface area contributed by atoms with Crippen LogP contribution in [0.4, 0.5) is 0 Å². The minimum absolute atomic E-state index is 0.0469. The molecule has 0 saturated carbocycles. The summed E-state index contributed by atoms with van der Waals surface area (Å²) in [7, 11) is 5.14. The topological polar surface area (TPSA) is 72.8 Å².